The Morgan fingerprint density at radius 2 is 1.15 bits per heavy atom. The Morgan fingerprint density at radius 1 is 0.750 bits per heavy atom. The van der Waals surface area contributed by atoms with E-state index in [0.29, 0.717) is 10.3 Å². The van der Waals surface area contributed by atoms with Crippen molar-refractivity contribution in [3.8, 4) is 0 Å². The molecule has 0 bridgehead atoms. The van der Waals surface area contributed by atoms with E-state index in [0.717, 1.165) is 11.1 Å². The number of pyridine rings is 1. The maximum Gasteiger partial charge on any atom is 0.138 e. The topological polar surface area (TPSA) is 12.9 Å². The van der Waals surface area contributed by atoms with Gasteiger partial charge in [-0.1, -0.05) is 70.2 Å². The van der Waals surface area contributed by atoms with E-state index in [1.54, 1.807) is 47.0 Å². The molecule has 1 aromatic rings. The minimum atomic E-state index is 0.433. The van der Waals surface area contributed by atoms with E-state index in [9.17, 15) is 0 Å². The molecule has 0 fully saturated rings. The van der Waals surface area contributed by atoms with E-state index in [-0.39, 0.29) is 0 Å². The minimum absolute atomic E-state index is 0.433. The van der Waals surface area contributed by atoms with Gasteiger partial charge in [0.15, 0.2) is 0 Å². The van der Waals surface area contributed by atoms with Crippen LogP contribution in [0.4, 0.5) is 0 Å². The molecule has 7 heteroatoms. The molecule has 102 valence electrons. The van der Waals surface area contributed by atoms with E-state index in [2.05, 4.69) is 4.98 Å². The van der Waals surface area contributed by atoms with Crippen molar-refractivity contribution in [2.24, 2.45) is 0 Å². The highest BCUT2D eigenvalue weighted by Crippen LogP contribution is 2.41. The van der Waals surface area contributed by atoms with E-state index in [1.165, 1.54) is 8.47 Å². The third kappa shape index (κ3) is 3.64. The van der Waals surface area contributed by atoms with Crippen LogP contribution in [-0.4, -0.2) is 4.98 Å². The molecule has 20 heavy (non-hydrogen) atoms. The fraction of sp³-hybridized carbons (Fsp3) is 0. The molecule has 0 unspecified atom stereocenters. The third-order valence-corrected chi connectivity index (χ3v) is 6.97. The van der Waals surface area contributed by atoms with Crippen molar-refractivity contribution in [1.29, 1.82) is 0 Å². The standard InChI is InChI=1S/C13H7Cl2NS4/c14-12-8(6-10-17-1-2-18-10)5-9(13(15)16-12)7-11-19-3-4-20-11/h1-7H. The Labute approximate surface area is 144 Å². The van der Waals surface area contributed by atoms with Crippen LogP contribution >= 0.6 is 70.2 Å². The lowest BCUT2D eigenvalue weighted by Crippen LogP contribution is -1.87. The van der Waals surface area contributed by atoms with Crippen LogP contribution in [0.2, 0.25) is 10.3 Å². The van der Waals surface area contributed by atoms with Crippen molar-refractivity contribution in [3.05, 3.63) is 57.6 Å². The number of hydrogen-bond acceptors (Lipinski definition) is 5. The maximum absolute atomic E-state index is 6.17. The average Bonchev–Trinajstić information content (AvgIpc) is 3.08. The van der Waals surface area contributed by atoms with Crippen molar-refractivity contribution in [2.75, 3.05) is 0 Å². The highest BCUT2D eigenvalue weighted by atomic mass is 35.5. The fourth-order valence-corrected chi connectivity index (χ4v) is 5.28. The minimum Gasteiger partial charge on any atom is -0.223 e. The van der Waals surface area contributed by atoms with Crippen molar-refractivity contribution in [1.82, 2.24) is 4.98 Å². The normalized spacial score (nSPS) is 17.1. The zero-order valence-electron chi connectivity index (χ0n) is 9.88. The fourth-order valence-electron chi connectivity index (χ4n) is 1.53. The molecule has 2 aliphatic heterocycles. The zero-order valence-corrected chi connectivity index (χ0v) is 14.7. The van der Waals surface area contributed by atoms with Gasteiger partial charge >= 0.3 is 0 Å². The molecule has 0 aliphatic carbocycles. The summed E-state index contributed by atoms with van der Waals surface area (Å²) in [6, 6.07) is 1.98. The predicted octanol–water partition coefficient (Wildman–Crippen LogP) is 6.89. The van der Waals surface area contributed by atoms with Gasteiger partial charge in [-0.25, -0.2) is 4.98 Å². The molecule has 2 aliphatic rings. The predicted molar refractivity (Wildman–Crippen MR) is 98.9 cm³/mol. The van der Waals surface area contributed by atoms with Crippen molar-refractivity contribution < 1.29 is 0 Å². The summed E-state index contributed by atoms with van der Waals surface area (Å²) in [7, 11) is 0. The number of thioether (sulfide) groups is 4. The number of nitrogens with zero attached hydrogens (tertiary/aromatic N) is 1. The summed E-state index contributed by atoms with van der Waals surface area (Å²) < 4.78 is 2.36. The summed E-state index contributed by atoms with van der Waals surface area (Å²) in [5, 5.41) is 9.06. The SMILES string of the molecule is Clc1nc(Cl)c(C=C2SC=CS2)cc1C=C1SC=CS1. The molecule has 0 aromatic carbocycles. The molecule has 3 rings (SSSR count). The van der Waals surface area contributed by atoms with Gasteiger partial charge < -0.3 is 0 Å². The summed E-state index contributed by atoms with van der Waals surface area (Å²) in [6.07, 6.45) is 4.08. The third-order valence-electron chi connectivity index (χ3n) is 2.38. The maximum atomic E-state index is 6.17. The molecule has 0 N–H and O–H groups in total. The summed E-state index contributed by atoms with van der Waals surface area (Å²) in [5.41, 5.74) is 1.78. The van der Waals surface area contributed by atoms with Crippen LogP contribution in [0.5, 0.6) is 0 Å². The van der Waals surface area contributed by atoms with Gasteiger partial charge in [0, 0.05) is 19.6 Å². The van der Waals surface area contributed by atoms with Crippen molar-refractivity contribution in [2.45, 2.75) is 0 Å². The number of rotatable bonds is 2. The van der Waals surface area contributed by atoms with Crippen molar-refractivity contribution >= 4 is 82.4 Å². The first-order chi connectivity index (χ1) is 9.72. The first-order valence-corrected chi connectivity index (χ1v) is 9.76. The Hall–Kier alpha value is 0.0900. The van der Waals surface area contributed by atoms with Gasteiger partial charge in [-0.15, -0.1) is 0 Å². The van der Waals surface area contributed by atoms with E-state index >= 15 is 0 Å². The highest BCUT2D eigenvalue weighted by Gasteiger charge is 2.11. The number of halogens is 2. The van der Waals surface area contributed by atoms with Gasteiger partial charge in [0.05, 0.1) is 0 Å². The summed E-state index contributed by atoms with van der Waals surface area (Å²) in [6.45, 7) is 0. The monoisotopic (exact) mass is 375 g/mol. The molecular weight excluding hydrogens is 369 g/mol. The second kappa shape index (κ2) is 6.90. The van der Waals surface area contributed by atoms with Gasteiger partial charge in [-0.3, -0.25) is 0 Å². The molecule has 3 heterocycles. The van der Waals surface area contributed by atoms with Crippen LogP contribution in [0.25, 0.3) is 12.2 Å². The van der Waals surface area contributed by atoms with Crippen LogP contribution in [0, 0.1) is 0 Å². The van der Waals surface area contributed by atoms with E-state index in [4.69, 9.17) is 23.2 Å². The Bertz CT molecular complexity index is 591. The van der Waals surface area contributed by atoms with Gasteiger partial charge in [0.25, 0.3) is 0 Å². The molecule has 0 radical (unpaired) electrons. The Balaban J connectivity index is 1.94. The lowest BCUT2D eigenvalue weighted by atomic mass is 10.2. The summed E-state index contributed by atoms with van der Waals surface area (Å²) in [5.74, 6) is 0. The molecule has 1 nitrogen and oxygen atoms in total. The molecule has 0 amide bonds. The molecule has 0 atom stereocenters. The van der Waals surface area contributed by atoms with E-state index < -0.39 is 0 Å². The summed E-state index contributed by atoms with van der Waals surface area (Å²) in [4.78, 5) is 4.22. The molecular formula is C13H7Cl2NS4. The Morgan fingerprint density at radius 3 is 1.55 bits per heavy atom. The Kier molecular flexibility index (Phi) is 5.18. The van der Waals surface area contributed by atoms with Crippen LogP contribution in [0.15, 0.2) is 36.2 Å². The second-order valence-electron chi connectivity index (χ2n) is 3.69. The largest absolute Gasteiger partial charge is 0.223 e. The van der Waals surface area contributed by atoms with Crippen LogP contribution in [0.3, 0.4) is 0 Å². The lowest BCUT2D eigenvalue weighted by Gasteiger charge is -2.05. The van der Waals surface area contributed by atoms with Crippen LogP contribution in [-0.2, 0) is 0 Å². The first-order valence-electron chi connectivity index (χ1n) is 5.48. The number of aromatic nitrogens is 1. The molecule has 0 spiro atoms. The molecule has 0 saturated heterocycles. The summed E-state index contributed by atoms with van der Waals surface area (Å²) >= 11 is 19.1. The highest BCUT2D eigenvalue weighted by molar-refractivity contribution is 8.28. The van der Waals surface area contributed by atoms with Crippen LogP contribution < -0.4 is 0 Å². The first kappa shape index (κ1) is 15.0. The van der Waals surface area contributed by atoms with Gasteiger partial charge in [-0.05, 0) is 39.9 Å². The van der Waals surface area contributed by atoms with Gasteiger partial charge in [-0.2, -0.15) is 0 Å². The molecule has 1 aromatic heterocycles. The zero-order chi connectivity index (χ0) is 13.9. The van der Waals surface area contributed by atoms with E-state index in [1.807, 2.05) is 39.9 Å². The van der Waals surface area contributed by atoms with Crippen LogP contribution in [0.1, 0.15) is 11.1 Å². The molecule has 0 saturated carbocycles. The smallest absolute Gasteiger partial charge is 0.138 e. The van der Waals surface area contributed by atoms with Gasteiger partial charge in [0.1, 0.15) is 10.3 Å². The lowest BCUT2D eigenvalue weighted by molar-refractivity contribution is 1.30. The quantitative estimate of drug-likeness (QED) is 0.520. The second-order valence-corrected chi connectivity index (χ2v) is 8.71. The average molecular weight is 376 g/mol. The van der Waals surface area contributed by atoms with Gasteiger partial charge in [0.2, 0.25) is 0 Å². The number of hydrogen-bond donors (Lipinski definition) is 0. The van der Waals surface area contributed by atoms with Crippen molar-refractivity contribution in [3.63, 3.8) is 0 Å².